The van der Waals surface area contributed by atoms with Crippen LogP contribution in [0.2, 0.25) is 0 Å². The highest BCUT2D eigenvalue weighted by Gasteiger charge is 2.40. The molecule has 72 heavy (non-hydrogen) atoms. The zero-order valence-electron chi connectivity index (χ0n) is 36.0. The third-order valence-electron chi connectivity index (χ3n) is 12.4. The van der Waals surface area contributed by atoms with Crippen molar-refractivity contribution in [3.63, 3.8) is 0 Å². The van der Waals surface area contributed by atoms with Crippen LogP contribution in [0.4, 0.5) is 65.9 Å². The first-order valence-electron chi connectivity index (χ1n) is 21.2. The molecular formula is C54H26F15N3. The minimum Gasteiger partial charge on any atom is -0.309 e. The van der Waals surface area contributed by atoms with Gasteiger partial charge in [0.25, 0.3) is 0 Å². The molecule has 0 aliphatic rings. The summed E-state index contributed by atoms with van der Waals surface area (Å²) in [5, 5.41) is 11.4. The molecule has 0 radical (unpaired) electrons. The normalized spacial score (nSPS) is 12.9. The lowest BCUT2D eigenvalue weighted by Crippen LogP contribution is -2.12. The zero-order chi connectivity index (χ0) is 51.4. The SMILES string of the molecule is N#Cc1ccc(-n2c3ccccc3c3cc(-c4cc(C(F)(F)F)cc(C(F)(F)F)c4)ccc32)c(-c2cccc(C(F)(F)F)c2-n2c3ccccc3c3cc(-c4cc(C(F)(F)F)cc(C(F)(F)F)c4)ccc32)c1. The van der Waals surface area contributed by atoms with Crippen LogP contribution in [-0.2, 0) is 30.9 Å². The molecule has 0 bridgehead atoms. The monoisotopic (exact) mass is 1000 g/mol. The lowest BCUT2D eigenvalue weighted by molar-refractivity contribution is -0.144. The first kappa shape index (κ1) is 47.5. The number of nitrogens with zero attached hydrogens (tertiary/aromatic N) is 3. The Kier molecular flexibility index (Phi) is 10.8. The summed E-state index contributed by atoms with van der Waals surface area (Å²) in [5.41, 5.74) is -7.85. The molecule has 0 saturated heterocycles. The highest BCUT2D eigenvalue weighted by molar-refractivity contribution is 6.13. The molecule has 3 nitrogen and oxygen atoms in total. The Balaban J connectivity index is 1.24. The highest BCUT2D eigenvalue weighted by atomic mass is 19.4. The zero-order valence-corrected chi connectivity index (χ0v) is 36.0. The molecule has 18 heteroatoms. The summed E-state index contributed by atoms with van der Waals surface area (Å²) in [6.45, 7) is 0. The summed E-state index contributed by atoms with van der Waals surface area (Å²) in [4.78, 5) is 0. The number of hydrogen-bond donors (Lipinski definition) is 0. The number of hydrogen-bond acceptors (Lipinski definition) is 1. The molecular weight excluding hydrogens is 976 g/mol. The summed E-state index contributed by atoms with van der Waals surface area (Å²) in [6, 6.07) is 32.4. The number of nitriles is 1. The van der Waals surface area contributed by atoms with Crippen molar-refractivity contribution in [2.24, 2.45) is 0 Å². The third-order valence-corrected chi connectivity index (χ3v) is 12.4. The first-order valence-corrected chi connectivity index (χ1v) is 21.2. The molecule has 0 aliphatic carbocycles. The lowest BCUT2D eigenvalue weighted by atomic mass is 9.95. The number of aromatic nitrogens is 2. The van der Waals surface area contributed by atoms with Crippen molar-refractivity contribution in [1.29, 1.82) is 5.26 Å². The Morgan fingerprint density at radius 2 is 0.764 bits per heavy atom. The predicted molar refractivity (Wildman–Crippen MR) is 241 cm³/mol. The van der Waals surface area contributed by atoms with Crippen LogP contribution in [0.25, 0.3) is 88.4 Å². The Morgan fingerprint density at radius 3 is 1.21 bits per heavy atom. The van der Waals surface area contributed by atoms with Gasteiger partial charge in [-0.1, -0.05) is 60.7 Å². The van der Waals surface area contributed by atoms with Gasteiger partial charge < -0.3 is 9.13 Å². The van der Waals surface area contributed by atoms with E-state index in [0.29, 0.717) is 46.1 Å². The highest BCUT2D eigenvalue weighted by Crippen LogP contribution is 2.48. The fourth-order valence-electron chi connectivity index (χ4n) is 9.30. The molecule has 0 saturated carbocycles. The number of rotatable bonds is 5. The van der Waals surface area contributed by atoms with Gasteiger partial charge in [-0.3, -0.25) is 0 Å². The second-order valence-electron chi connectivity index (χ2n) is 16.8. The van der Waals surface area contributed by atoms with Crippen molar-refractivity contribution in [2.75, 3.05) is 0 Å². The van der Waals surface area contributed by atoms with Gasteiger partial charge in [-0.2, -0.15) is 71.1 Å². The Morgan fingerprint density at radius 1 is 0.333 bits per heavy atom. The summed E-state index contributed by atoms with van der Waals surface area (Å²) >= 11 is 0. The van der Waals surface area contributed by atoms with E-state index in [-0.39, 0.29) is 67.4 Å². The number of alkyl halides is 15. The second kappa shape index (κ2) is 16.4. The van der Waals surface area contributed by atoms with Crippen molar-refractivity contribution in [3.05, 3.63) is 191 Å². The predicted octanol–water partition coefficient (Wildman–Crippen LogP) is 17.8. The standard InChI is InChI=1S/C54H26F15N3/c55-50(56,57)33-19-31(20-34(25-33)51(58,59)60)29-13-16-47-41(23-29)37-6-1-3-10-44(37)71(47)46-15-12-28(27-70)18-40(46)39-8-5-9-43(54(67,68)69)49(39)72-45-11-4-2-7-38(45)42-24-30(14-17-48(42)72)32-21-35(52(61,62)63)26-36(22-32)53(64,65)66/h1-26H. The van der Waals surface area contributed by atoms with Gasteiger partial charge in [0.1, 0.15) is 0 Å². The molecule has 0 N–H and O–H groups in total. The van der Waals surface area contributed by atoms with Gasteiger partial charge in [0.2, 0.25) is 0 Å². The van der Waals surface area contributed by atoms with E-state index in [9.17, 15) is 57.9 Å². The van der Waals surface area contributed by atoms with Gasteiger partial charge in [0.15, 0.2) is 0 Å². The van der Waals surface area contributed by atoms with E-state index >= 15 is 13.2 Å². The molecule has 2 aromatic heterocycles. The van der Waals surface area contributed by atoms with E-state index in [1.165, 1.54) is 83.4 Å². The van der Waals surface area contributed by atoms with Crippen molar-refractivity contribution in [1.82, 2.24) is 9.13 Å². The van der Waals surface area contributed by atoms with Crippen molar-refractivity contribution in [3.8, 4) is 50.8 Å². The maximum absolute atomic E-state index is 15.6. The largest absolute Gasteiger partial charge is 0.418 e. The minimum absolute atomic E-state index is 0.00337. The molecule has 0 atom stereocenters. The topological polar surface area (TPSA) is 33.6 Å². The van der Waals surface area contributed by atoms with E-state index in [4.69, 9.17) is 0 Å². The molecule has 362 valence electrons. The van der Waals surface area contributed by atoms with E-state index in [2.05, 4.69) is 0 Å². The molecule has 0 amide bonds. The first-order chi connectivity index (χ1) is 33.8. The fourth-order valence-corrected chi connectivity index (χ4v) is 9.30. The molecule has 10 aromatic rings. The molecule has 0 aliphatic heterocycles. The van der Waals surface area contributed by atoms with Gasteiger partial charge >= 0.3 is 30.9 Å². The lowest BCUT2D eigenvalue weighted by Gasteiger charge is -2.22. The van der Waals surface area contributed by atoms with Crippen molar-refractivity contribution in [2.45, 2.75) is 30.9 Å². The smallest absolute Gasteiger partial charge is 0.309 e. The van der Waals surface area contributed by atoms with E-state index in [1.54, 1.807) is 34.9 Å². The summed E-state index contributed by atoms with van der Waals surface area (Å²) in [6.07, 6.45) is -25.7. The van der Waals surface area contributed by atoms with Gasteiger partial charge in [-0.25, -0.2) is 0 Å². The Labute approximate surface area is 395 Å². The number of fused-ring (bicyclic) bond motifs is 6. The molecule has 0 unspecified atom stereocenters. The molecule has 0 spiro atoms. The number of para-hydroxylation sites is 3. The van der Waals surface area contributed by atoms with Gasteiger partial charge in [0.05, 0.1) is 72.9 Å². The average molecular weight is 1000 g/mol. The van der Waals surface area contributed by atoms with Gasteiger partial charge in [0, 0.05) is 32.7 Å². The van der Waals surface area contributed by atoms with Gasteiger partial charge in [-0.05, 0) is 119 Å². The number of benzene rings is 8. The summed E-state index contributed by atoms with van der Waals surface area (Å²) < 4.78 is 217. The van der Waals surface area contributed by atoms with Crippen molar-refractivity contribution < 1.29 is 65.9 Å². The van der Waals surface area contributed by atoms with Gasteiger partial charge in [-0.15, -0.1) is 0 Å². The van der Waals surface area contributed by atoms with Crippen LogP contribution in [0, 0.1) is 11.3 Å². The maximum atomic E-state index is 15.6. The van der Waals surface area contributed by atoms with Crippen LogP contribution in [0.15, 0.2) is 158 Å². The van der Waals surface area contributed by atoms with Crippen LogP contribution < -0.4 is 0 Å². The molecule has 10 rings (SSSR count). The second-order valence-corrected chi connectivity index (χ2v) is 16.8. The third kappa shape index (κ3) is 8.21. The van der Waals surface area contributed by atoms with Crippen LogP contribution in [0.3, 0.4) is 0 Å². The minimum atomic E-state index is -5.17. The molecule has 2 heterocycles. The maximum Gasteiger partial charge on any atom is 0.418 e. The fraction of sp³-hybridized carbons (Fsp3) is 0.0926. The van der Waals surface area contributed by atoms with Crippen molar-refractivity contribution >= 4 is 43.6 Å². The van der Waals surface area contributed by atoms with E-state index < -0.39 is 75.5 Å². The molecule has 0 fully saturated rings. The summed E-state index contributed by atoms with van der Waals surface area (Å²) in [5.74, 6) is 0. The Hall–Kier alpha value is -8.20. The summed E-state index contributed by atoms with van der Waals surface area (Å²) in [7, 11) is 0. The van der Waals surface area contributed by atoms with Crippen LogP contribution >= 0.6 is 0 Å². The quantitative estimate of drug-likeness (QED) is 0.158. The number of halogens is 15. The van der Waals surface area contributed by atoms with E-state index in [1.807, 2.05) is 6.07 Å². The average Bonchev–Trinajstić information content (AvgIpc) is 3.84. The van der Waals surface area contributed by atoms with Crippen LogP contribution in [-0.4, -0.2) is 9.13 Å². The molecule has 8 aromatic carbocycles. The Bertz CT molecular complexity index is 3810. The van der Waals surface area contributed by atoms with Crippen LogP contribution in [0.5, 0.6) is 0 Å². The van der Waals surface area contributed by atoms with Crippen LogP contribution in [0.1, 0.15) is 33.4 Å². The van der Waals surface area contributed by atoms with E-state index in [0.717, 1.165) is 12.1 Å².